The lowest BCUT2D eigenvalue weighted by Crippen LogP contribution is -2.36. The maximum atomic E-state index is 13.2. The van der Waals surface area contributed by atoms with Gasteiger partial charge in [0, 0.05) is 31.4 Å². The molecule has 2 aliphatic rings. The van der Waals surface area contributed by atoms with Crippen molar-refractivity contribution in [3.8, 4) is 11.8 Å². The first kappa shape index (κ1) is 21.4. The Kier molecular flexibility index (Phi) is 6.39. The molecular weight excluding hydrogens is 425 g/mol. The summed E-state index contributed by atoms with van der Waals surface area (Å²) in [6.07, 6.45) is 5.73. The molecule has 5 rings (SSSR count). The lowest BCUT2D eigenvalue weighted by atomic mass is 10.1. The van der Waals surface area contributed by atoms with Gasteiger partial charge in [0.05, 0.1) is 16.3 Å². The summed E-state index contributed by atoms with van der Waals surface area (Å²) >= 11 is 1.57. The molecule has 8 heteroatoms. The quantitative estimate of drug-likeness (QED) is 0.460. The monoisotopic (exact) mass is 453 g/mol. The second-order valence-corrected chi connectivity index (χ2v) is 9.62. The number of nitrogens with zero attached hydrogens (tertiary/aromatic N) is 3. The fourth-order valence-corrected chi connectivity index (χ4v) is 5.45. The summed E-state index contributed by atoms with van der Waals surface area (Å²) in [6.45, 7) is 4.19. The minimum atomic E-state index is -0.644. The maximum absolute atomic E-state index is 13.2. The number of hydrogen-bond acceptors (Lipinski definition) is 5. The highest BCUT2D eigenvalue weighted by Gasteiger charge is 2.18. The predicted octanol–water partition coefficient (Wildman–Crippen LogP) is 3.21. The first-order valence-corrected chi connectivity index (χ1v) is 12.3. The van der Waals surface area contributed by atoms with Gasteiger partial charge in [0.1, 0.15) is 11.9 Å². The average Bonchev–Trinajstić information content (AvgIpc) is 3.52. The highest BCUT2D eigenvalue weighted by atomic mass is 32.1. The zero-order chi connectivity index (χ0) is 21.9. The zero-order valence-electron chi connectivity index (χ0n) is 18.1. The molecule has 4 heterocycles. The molecule has 0 aliphatic carbocycles. The van der Waals surface area contributed by atoms with Crippen molar-refractivity contribution in [1.82, 2.24) is 24.9 Å². The molecule has 0 saturated carbocycles. The van der Waals surface area contributed by atoms with E-state index in [1.807, 2.05) is 28.8 Å². The summed E-state index contributed by atoms with van der Waals surface area (Å²) in [4.78, 5) is 20.4. The number of hydrogen-bond donors (Lipinski definition) is 2. The summed E-state index contributed by atoms with van der Waals surface area (Å²) in [6, 6.07) is 6.05. The smallest absolute Gasteiger partial charge is 0.251 e. The maximum Gasteiger partial charge on any atom is 0.251 e. The second kappa shape index (κ2) is 9.57. The van der Waals surface area contributed by atoms with Crippen LogP contribution in [0.5, 0.6) is 0 Å². The van der Waals surface area contributed by atoms with E-state index in [1.54, 1.807) is 11.3 Å². The van der Waals surface area contributed by atoms with Crippen molar-refractivity contribution in [2.75, 3.05) is 32.7 Å². The van der Waals surface area contributed by atoms with Crippen LogP contribution in [0.2, 0.25) is 0 Å². The van der Waals surface area contributed by atoms with Crippen molar-refractivity contribution in [2.24, 2.45) is 0 Å². The third-order valence-corrected chi connectivity index (χ3v) is 7.26. The first-order valence-electron chi connectivity index (χ1n) is 11.5. The molecule has 2 saturated heterocycles. The Morgan fingerprint density at radius 1 is 1.31 bits per heavy atom. The molecule has 2 aromatic heterocycles. The second-order valence-electron chi connectivity index (χ2n) is 8.61. The van der Waals surface area contributed by atoms with E-state index in [4.69, 9.17) is 0 Å². The molecular formula is C24H28FN5OS. The largest absolute Gasteiger partial charge is 0.352 e. The number of benzene rings is 1. The standard InChI is InChI=1S/C24H28FN5OS/c25-18-8-13-29(14-9-18)12-2-11-27-23(31)17-4-7-21-22(15-17)32-24-28-20(16-30(21)24)6-5-19-3-1-10-26-19/h4,7,15-16,18-19,26H,1-3,8-14H2,(H,27,31). The van der Waals surface area contributed by atoms with Gasteiger partial charge in [-0.25, -0.2) is 9.37 Å². The van der Waals surface area contributed by atoms with E-state index >= 15 is 0 Å². The van der Waals surface area contributed by atoms with E-state index in [0.29, 0.717) is 24.9 Å². The number of fused-ring (bicyclic) bond motifs is 3. The molecule has 32 heavy (non-hydrogen) atoms. The number of rotatable bonds is 5. The molecule has 2 N–H and O–H groups in total. The Hall–Kier alpha value is -2.47. The number of aromatic nitrogens is 2. The fourth-order valence-electron chi connectivity index (χ4n) is 4.40. The number of likely N-dealkylation sites (tertiary alicyclic amines) is 1. The van der Waals surface area contributed by atoms with E-state index in [0.717, 1.165) is 59.9 Å². The van der Waals surface area contributed by atoms with E-state index in [9.17, 15) is 9.18 Å². The van der Waals surface area contributed by atoms with E-state index < -0.39 is 6.17 Å². The minimum absolute atomic E-state index is 0.0592. The molecule has 0 bridgehead atoms. The molecule has 6 nitrogen and oxygen atoms in total. The van der Waals surface area contributed by atoms with Gasteiger partial charge in [-0.15, -0.1) is 0 Å². The number of nitrogens with one attached hydrogen (secondary N) is 2. The number of halogens is 1. The van der Waals surface area contributed by atoms with E-state index in [-0.39, 0.29) is 11.9 Å². The topological polar surface area (TPSA) is 61.7 Å². The Morgan fingerprint density at radius 3 is 3.00 bits per heavy atom. The third kappa shape index (κ3) is 4.80. The summed E-state index contributed by atoms with van der Waals surface area (Å²) in [5.74, 6) is 6.39. The number of thiazole rings is 1. The molecule has 1 amide bonds. The Bertz CT molecular complexity index is 1160. The summed E-state index contributed by atoms with van der Waals surface area (Å²) in [7, 11) is 0. The summed E-state index contributed by atoms with van der Waals surface area (Å²) in [5.41, 5.74) is 2.48. The molecule has 1 aromatic carbocycles. The van der Waals surface area contributed by atoms with Gasteiger partial charge in [-0.05, 0) is 69.3 Å². The van der Waals surface area contributed by atoms with Crippen molar-refractivity contribution in [3.63, 3.8) is 0 Å². The van der Waals surface area contributed by atoms with Gasteiger partial charge in [0.2, 0.25) is 0 Å². The molecule has 0 radical (unpaired) electrons. The van der Waals surface area contributed by atoms with Crippen molar-refractivity contribution in [3.05, 3.63) is 35.7 Å². The van der Waals surface area contributed by atoms with Crippen LogP contribution >= 0.6 is 11.3 Å². The Labute approximate surface area is 191 Å². The van der Waals surface area contributed by atoms with Crippen molar-refractivity contribution in [2.45, 2.75) is 44.3 Å². The highest BCUT2D eigenvalue weighted by molar-refractivity contribution is 7.23. The van der Waals surface area contributed by atoms with Gasteiger partial charge < -0.3 is 15.5 Å². The molecule has 0 spiro atoms. The average molecular weight is 454 g/mol. The highest BCUT2D eigenvalue weighted by Crippen LogP contribution is 2.27. The van der Waals surface area contributed by atoms with Crippen molar-refractivity contribution >= 4 is 32.4 Å². The van der Waals surface area contributed by atoms with E-state index in [2.05, 4.69) is 32.4 Å². The van der Waals surface area contributed by atoms with Crippen LogP contribution in [-0.2, 0) is 0 Å². The van der Waals surface area contributed by atoms with Crippen LogP contribution in [0.4, 0.5) is 4.39 Å². The van der Waals surface area contributed by atoms with Gasteiger partial charge in [0.25, 0.3) is 5.91 Å². The summed E-state index contributed by atoms with van der Waals surface area (Å²) in [5, 5.41) is 6.39. The molecule has 168 valence electrons. The van der Waals surface area contributed by atoms with Gasteiger partial charge in [-0.3, -0.25) is 9.20 Å². The summed E-state index contributed by atoms with van der Waals surface area (Å²) < 4.78 is 16.3. The number of alkyl halides is 1. The van der Waals surface area contributed by atoms with Crippen LogP contribution in [0.15, 0.2) is 24.4 Å². The van der Waals surface area contributed by atoms with Gasteiger partial charge in [0.15, 0.2) is 4.96 Å². The molecule has 2 aliphatic heterocycles. The van der Waals surface area contributed by atoms with Crippen LogP contribution in [-0.4, -0.2) is 65.1 Å². The SMILES string of the molecule is O=C(NCCCN1CCC(F)CC1)c1ccc2c(c1)sc1nc(C#CC3CCCN3)cn12. The fraction of sp³-hybridized carbons (Fsp3) is 0.500. The predicted molar refractivity (Wildman–Crippen MR) is 126 cm³/mol. The first-order chi connectivity index (χ1) is 15.7. The Balaban J connectivity index is 1.19. The lowest BCUT2D eigenvalue weighted by molar-refractivity contribution is 0.0950. The van der Waals surface area contributed by atoms with Crippen LogP contribution in [0.25, 0.3) is 15.2 Å². The van der Waals surface area contributed by atoms with E-state index in [1.165, 1.54) is 6.42 Å². The molecule has 1 atom stereocenters. The molecule has 2 fully saturated rings. The Morgan fingerprint density at radius 2 is 2.19 bits per heavy atom. The number of carbonyl (C=O) groups excluding carboxylic acids is 1. The van der Waals surface area contributed by atoms with Crippen LogP contribution in [0.3, 0.4) is 0 Å². The van der Waals surface area contributed by atoms with Gasteiger partial charge in [-0.2, -0.15) is 0 Å². The normalized spacial score (nSPS) is 20.0. The molecule has 1 unspecified atom stereocenters. The van der Waals surface area contributed by atoms with Crippen molar-refractivity contribution < 1.29 is 9.18 Å². The lowest BCUT2D eigenvalue weighted by Gasteiger charge is -2.28. The van der Waals surface area contributed by atoms with Crippen LogP contribution in [0.1, 0.15) is 48.2 Å². The minimum Gasteiger partial charge on any atom is -0.352 e. The number of amides is 1. The van der Waals surface area contributed by atoms with Crippen LogP contribution in [0, 0.1) is 11.8 Å². The number of carbonyl (C=O) groups is 1. The van der Waals surface area contributed by atoms with Crippen molar-refractivity contribution in [1.29, 1.82) is 0 Å². The number of piperidine rings is 1. The number of imidazole rings is 1. The van der Waals surface area contributed by atoms with Crippen LogP contribution < -0.4 is 10.6 Å². The third-order valence-electron chi connectivity index (χ3n) is 6.24. The molecule has 3 aromatic rings. The zero-order valence-corrected chi connectivity index (χ0v) is 18.9. The van der Waals surface area contributed by atoms with Gasteiger partial charge in [-0.1, -0.05) is 17.3 Å². The van der Waals surface area contributed by atoms with Gasteiger partial charge >= 0.3 is 0 Å².